The fourth-order valence-corrected chi connectivity index (χ4v) is 1.47. The fourth-order valence-electron chi connectivity index (χ4n) is 1.47. The number of nitrogens with zero attached hydrogens (tertiary/aromatic N) is 3. The number of amides is 1. The molecule has 0 aliphatic rings. The Morgan fingerprint density at radius 2 is 2.18 bits per heavy atom. The summed E-state index contributed by atoms with van der Waals surface area (Å²) < 4.78 is 0. The summed E-state index contributed by atoms with van der Waals surface area (Å²) in [6, 6.07) is 1.81. The first kappa shape index (κ1) is 13.2. The van der Waals surface area contributed by atoms with Gasteiger partial charge in [-0.05, 0) is 6.92 Å². The molecule has 6 heteroatoms. The van der Waals surface area contributed by atoms with Gasteiger partial charge in [0.05, 0.1) is 6.54 Å². The van der Waals surface area contributed by atoms with Crippen molar-refractivity contribution >= 4 is 17.5 Å². The molecule has 0 bridgehead atoms. The molecule has 17 heavy (non-hydrogen) atoms. The van der Waals surface area contributed by atoms with Crippen molar-refractivity contribution in [2.45, 2.75) is 20.3 Å². The van der Waals surface area contributed by atoms with E-state index in [-0.39, 0.29) is 12.5 Å². The Morgan fingerprint density at radius 3 is 2.65 bits per heavy atom. The molecule has 1 aromatic rings. The molecular weight excluding hydrogens is 218 g/mol. The van der Waals surface area contributed by atoms with Gasteiger partial charge in [-0.3, -0.25) is 4.79 Å². The SMILES string of the molecule is CCc1nc(NC)cc(N(CC)CC(N)=O)n1. The Hall–Kier alpha value is -1.85. The molecule has 0 aromatic carbocycles. The molecule has 0 fully saturated rings. The molecule has 0 aliphatic carbocycles. The zero-order valence-corrected chi connectivity index (χ0v) is 10.5. The van der Waals surface area contributed by atoms with Crippen molar-refractivity contribution in [2.24, 2.45) is 5.73 Å². The monoisotopic (exact) mass is 237 g/mol. The first-order chi connectivity index (χ1) is 8.10. The fraction of sp³-hybridized carbons (Fsp3) is 0.545. The van der Waals surface area contributed by atoms with Crippen LogP contribution < -0.4 is 16.0 Å². The number of hydrogen-bond donors (Lipinski definition) is 2. The molecule has 0 atom stereocenters. The third-order valence-electron chi connectivity index (χ3n) is 2.38. The molecule has 1 aromatic heterocycles. The van der Waals surface area contributed by atoms with E-state index in [9.17, 15) is 4.79 Å². The zero-order valence-electron chi connectivity index (χ0n) is 10.5. The van der Waals surface area contributed by atoms with Crippen molar-refractivity contribution in [2.75, 3.05) is 30.4 Å². The highest BCUT2D eigenvalue weighted by atomic mass is 16.1. The van der Waals surface area contributed by atoms with Crippen molar-refractivity contribution in [3.63, 3.8) is 0 Å². The summed E-state index contributed by atoms with van der Waals surface area (Å²) in [5.74, 6) is 1.85. The Balaban J connectivity index is 3.04. The Morgan fingerprint density at radius 1 is 1.47 bits per heavy atom. The summed E-state index contributed by atoms with van der Waals surface area (Å²) in [5.41, 5.74) is 5.21. The van der Waals surface area contributed by atoms with Crippen LogP contribution in [-0.2, 0) is 11.2 Å². The van der Waals surface area contributed by atoms with E-state index in [0.29, 0.717) is 6.54 Å². The van der Waals surface area contributed by atoms with Crippen LogP contribution in [0.1, 0.15) is 19.7 Å². The van der Waals surface area contributed by atoms with E-state index in [2.05, 4.69) is 15.3 Å². The highest BCUT2D eigenvalue weighted by molar-refractivity contribution is 5.79. The first-order valence-corrected chi connectivity index (χ1v) is 5.69. The standard InChI is InChI=1S/C11H19N5O/c1-4-9-14-10(13-3)6-11(15-9)16(5-2)7-8(12)17/h6H,4-5,7H2,1-3H3,(H2,12,17)(H,13,14,15). The van der Waals surface area contributed by atoms with Crippen molar-refractivity contribution in [1.82, 2.24) is 9.97 Å². The van der Waals surface area contributed by atoms with Crippen molar-refractivity contribution in [1.29, 1.82) is 0 Å². The minimum absolute atomic E-state index is 0.166. The van der Waals surface area contributed by atoms with E-state index < -0.39 is 0 Å². The van der Waals surface area contributed by atoms with E-state index in [1.54, 1.807) is 7.05 Å². The van der Waals surface area contributed by atoms with E-state index in [0.717, 1.165) is 23.9 Å². The van der Waals surface area contributed by atoms with Crippen LogP contribution in [0.15, 0.2) is 6.07 Å². The van der Waals surface area contributed by atoms with Crippen molar-refractivity contribution in [3.05, 3.63) is 11.9 Å². The molecule has 3 N–H and O–H groups in total. The highest BCUT2D eigenvalue weighted by Gasteiger charge is 2.11. The Labute approximate surface area is 101 Å². The Bertz CT molecular complexity index is 371. The van der Waals surface area contributed by atoms with Gasteiger partial charge >= 0.3 is 0 Å². The maximum Gasteiger partial charge on any atom is 0.236 e. The van der Waals surface area contributed by atoms with Gasteiger partial charge in [-0.1, -0.05) is 6.92 Å². The van der Waals surface area contributed by atoms with Crippen molar-refractivity contribution < 1.29 is 4.79 Å². The number of nitrogens with two attached hydrogens (primary N) is 1. The first-order valence-electron chi connectivity index (χ1n) is 5.69. The lowest BCUT2D eigenvalue weighted by molar-refractivity contribution is -0.116. The van der Waals surface area contributed by atoms with Crippen LogP contribution in [0, 0.1) is 0 Å². The second-order valence-electron chi connectivity index (χ2n) is 3.61. The molecule has 0 aliphatic heterocycles. The molecule has 1 heterocycles. The third kappa shape index (κ3) is 3.58. The van der Waals surface area contributed by atoms with E-state index >= 15 is 0 Å². The molecule has 1 rings (SSSR count). The predicted octanol–water partition coefficient (Wildman–Crippen LogP) is 0.392. The van der Waals surface area contributed by atoms with Gasteiger partial charge in [-0.15, -0.1) is 0 Å². The van der Waals surface area contributed by atoms with Gasteiger partial charge in [0.2, 0.25) is 5.91 Å². The number of carbonyl (C=O) groups is 1. The van der Waals surface area contributed by atoms with Crippen LogP contribution in [-0.4, -0.2) is 36.0 Å². The molecule has 94 valence electrons. The number of rotatable bonds is 6. The molecule has 0 spiro atoms. The van der Waals surface area contributed by atoms with Crippen molar-refractivity contribution in [3.8, 4) is 0 Å². The minimum Gasteiger partial charge on any atom is -0.373 e. The summed E-state index contributed by atoms with van der Waals surface area (Å²) in [6.45, 7) is 4.78. The molecule has 6 nitrogen and oxygen atoms in total. The average Bonchev–Trinajstić information content (AvgIpc) is 2.34. The lowest BCUT2D eigenvalue weighted by Crippen LogP contribution is -2.34. The number of hydrogen-bond acceptors (Lipinski definition) is 5. The van der Waals surface area contributed by atoms with Gasteiger partial charge in [-0.2, -0.15) is 0 Å². The van der Waals surface area contributed by atoms with Crippen LogP contribution in [0.4, 0.5) is 11.6 Å². The summed E-state index contributed by atoms with van der Waals surface area (Å²) in [7, 11) is 1.80. The second-order valence-corrected chi connectivity index (χ2v) is 3.61. The summed E-state index contributed by atoms with van der Waals surface area (Å²) in [5, 5.41) is 2.98. The van der Waals surface area contributed by atoms with E-state index in [1.165, 1.54) is 0 Å². The molecule has 0 radical (unpaired) electrons. The maximum atomic E-state index is 11.0. The van der Waals surface area contributed by atoms with Gasteiger partial charge in [-0.25, -0.2) is 9.97 Å². The normalized spacial score (nSPS) is 10.1. The number of aryl methyl sites for hydroxylation is 1. The van der Waals surface area contributed by atoms with Gasteiger partial charge in [0, 0.05) is 26.1 Å². The number of primary amides is 1. The zero-order chi connectivity index (χ0) is 12.8. The molecule has 0 saturated carbocycles. The van der Waals surface area contributed by atoms with Crippen LogP contribution in [0.2, 0.25) is 0 Å². The predicted molar refractivity (Wildman–Crippen MR) is 68.0 cm³/mol. The maximum absolute atomic E-state index is 11.0. The third-order valence-corrected chi connectivity index (χ3v) is 2.38. The quantitative estimate of drug-likeness (QED) is 0.747. The molecule has 0 unspecified atom stereocenters. The van der Waals surface area contributed by atoms with Gasteiger partial charge in [0.15, 0.2) is 0 Å². The largest absolute Gasteiger partial charge is 0.373 e. The average molecular weight is 237 g/mol. The molecule has 0 saturated heterocycles. The number of carbonyl (C=O) groups excluding carboxylic acids is 1. The number of anilines is 2. The topological polar surface area (TPSA) is 84.1 Å². The lowest BCUT2D eigenvalue weighted by atomic mass is 10.3. The summed E-state index contributed by atoms with van der Waals surface area (Å²) in [6.07, 6.45) is 0.747. The summed E-state index contributed by atoms with van der Waals surface area (Å²) in [4.78, 5) is 21.5. The number of aromatic nitrogens is 2. The van der Waals surface area contributed by atoms with Crippen LogP contribution >= 0.6 is 0 Å². The van der Waals surface area contributed by atoms with Gasteiger partial charge < -0.3 is 16.0 Å². The highest BCUT2D eigenvalue weighted by Crippen LogP contribution is 2.15. The molecular formula is C11H19N5O. The second kappa shape index (κ2) is 6.03. The van der Waals surface area contributed by atoms with Gasteiger partial charge in [0.25, 0.3) is 0 Å². The molecule has 1 amide bonds. The number of nitrogens with one attached hydrogen (secondary N) is 1. The lowest BCUT2D eigenvalue weighted by Gasteiger charge is -2.21. The van der Waals surface area contributed by atoms with Crippen LogP contribution in [0.5, 0.6) is 0 Å². The van der Waals surface area contributed by atoms with E-state index in [4.69, 9.17) is 5.73 Å². The number of likely N-dealkylation sites (N-methyl/N-ethyl adjacent to an activating group) is 1. The van der Waals surface area contributed by atoms with Gasteiger partial charge in [0.1, 0.15) is 17.5 Å². The van der Waals surface area contributed by atoms with E-state index in [1.807, 2.05) is 24.8 Å². The minimum atomic E-state index is -0.366. The summed E-state index contributed by atoms with van der Waals surface area (Å²) >= 11 is 0. The van der Waals surface area contributed by atoms with Crippen LogP contribution in [0.3, 0.4) is 0 Å². The Kier molecular flexibility index (Phi) is 4.68. The van der Waals surface area contributed by atoms with Crippen LogP contribution in [0.25, 0.3) is 0 Å². The smallest absolute Gasteiger partial charge is 0.236 e.